The number of amides is 1. The lowest BCUT2D eigenvalue weighted by Gasteiger charge is -2.20. The number of hydrogen-bond donors (Lipinski definition) is 3. The molecule has 0 aromatic heterocycles. The highest BCUT2D eigenvalue weighted by atomic mass is 16.5. The molecule has 0 heterocycles. The van der Waals surface area contributed by atoms with Crippen molar-refractivity contribution in [1.29, 1.82) is 0 Å². The van der Waals surface area contributed by atoms with Gasteiger partial charge in [-0.15, -0.1) is 0 Å². The molecule has 0 aliphatic carbocycles. The molecule has 1 amide bonds. The molecule has 0 fully saturated rings. The molecule has 3 N–H and O–H groups in total. The Bertz CT molecular complexity index is 1170. The summed E-state index contributed by atoms with van der Waals surface area (Å²) in [5.41, 5.74) is 0. The lowest BCUT2D eigenvalue weighted by molar-refractivity contribution is -0.143. The fourth-order valence-corrected chi connectivity index (χ4v) is 9.96. The predicted molar refractivity (Wildman–Crippen MR) is 315 cm³/mol. The van der Waals surface area contributed by atoms with Crippen LogP contribution < -0.4 is 5.32 Å². The van der Waals surface area contributed by atoms with Gasteiger partial charge < -0.3 is 20.3 Å². The number of rotatable bonds is 60. The summed E-state index contributed by atoms with van der Waals surface area (Å²) < 4.78 is 5.48. The number of allylic oxidation sites excluding steroid dienone is 5. The lowest BCUT2D eigenvalue weighted by atomic mass is 10.0. The second-order valence-corrected chi connectivity index (χ2v) is 22.1. The molecule has 0 aromatic carbocycles. The summed E-state index contributed by atoms with van der Waals surface area (Å²) in [6.07, 6.45) is 77.9. The van der Waals surface area contributed by atoms with Crippen molar-refractivity contribution in [2.24, 2.45) is 0 Å². The number of carbonyl (C=O) groups is 2. The fourth-order valence-electron chi connectivity index (χ4n) is 9.96. The van der Waals surface area contributed by atoms with E-state index in [4.69, 9.17) is 4.74 Å². The van der Waals surface area contributed by atoms with E-state index in [1.807, 2.05) is 6.08 Å². The van der Waals surface area contributed by atoms with Crippen molar-refractivity contribution in [2.45, 2.75) is 360 Å². The number of aliphatic hydroxyl groups is 2. The van der Waals surface area contributed by atoms with Crippen LogP contribution in [0.3, 0.4) is 0 Å². The van der Waals surface area contributed by atoms with Crippen LogP contribution in [0.4, 0.5) is 0 Å². The molecule has 2 unspecified atom stereocenters. The topological polar surface area (TPSA) is 95.9 Å². The Morgan fingerprint density at radius 3 is 1.06 bits per heavy atom. The van der Waals surface area contributed by atoms with Crippen molar-refractivity contribution in [3.05, 3.63) is 36.5 Å². The maximum absolute atomic E-state index is 12.4. The normalized spacial score (nSPS) is 12.8. The summed E-state index contributed by atoms with van der Waals surface area (Å²) in [6, 6.07) is -0.624. The molecule has 6 nitrogen and oxygen atoms in total. The quantitative estimate of drug-likeness (QED) is 0.0320. The zero-order valence-electron chi connectivity index (χ0n) is 48.4. The predicted octanol–water partition coefficient (Wildman–Crippen LogP) is 20.4. The van der Waals surface area contributed by atoms with E-state index in [9.17, 15) is 19.8 Å². The Hall–Kier alpha value is -1.92. The number of carbonyl (C=O) groups excluding carboxylic acids is 2. The average molecular weight is 1010 g/mol. The molecule has 0 rings (SSSR count). The van der Waals surface area contributed by atoms with E-state index in [0.717, 1.165) is 44.9 Å². The Morgan fingerprint density at radius 1 is 0.389 bits per heavy atom. The molecular weight excluding hydrogens is 887 g/mol. The third-order valence-electron chi connectivity index (χ3n) is 14.9. The van der Waals surface area contributed by atoms with E-state index >= 15 is 0 Å². The third kappa shape index (κ3) is 57.4. The Kier molecular flexibility index (Phi) is 60.0. The molecule has 0 aromatic rings. The molecule has 0 spiro atoms. The van der Waals surface area contributed by atoms with Gasteiger partial charge in [-0.3, -0.25) is 9.59 Å². The molecule has 424 valence electrons. The van der Waals surface area contributed by atoms with Gasteiger partial charge in [0, 0.05) is 12.8 Å². The van der Waals surface area contributed by atoms with E-state index in [1.54, 1.807) is 6.08 Å². The van der Waals surface area contributed by atoms with Gasteiger partial charge in [0.15, 0.2) is 0 Å². The zero-order chi connectivity index (χ0) is 52.2. The first-order chi connectivity index (χ1) is 35.5. The van der Waals surface area contributed by atoms with Crippen LogP contribution in [-0.4, -0.2) is 47.4 Å². The van der Waals surface area contributed by atoms with Gasteiger partial charge in [-0.2, -0.15) is 0 Å². The van der Waals surface area contributed by atoms with Gasteiger partial charge in [0.05, 0.1) is 25.4 Å². The summed E-state index contributed by atoms with van der Waals surface area (Å²) >= 11 is 0. The number of esters is 1. The minimum atomic E-state index is -0.840. The summed E-state index contributed by atoms with van der Waals surface area (Å²) in [5.74, 6) is -0.0527. The second-order valence-electron chi connectivity index (χ2n) is 22.1. The summed E-state index contributed by atoms with van der Waals surface area (Å²) in [5, 5.41) is 23.0. The first-order valence-corrected chi connectivity index (χ1v) is 32.3. The molecule has 2 atom stereocenters. The lowest BCUT2D eigenvalue weighted by Crippen LogP contribution is -2.45. The Morgan fingerprint density at radius 2 is 0.694 bits per heavy atom. The first kappa shape index (κ1) is 70.1. The van der Waals surface area contributed by atoms with Crippen molar-refractivity contribution >= 4 is 11.9 Å². The highest BCUT2D eigenvalue weighted by molar-refractivity contribution is 5.76. The average Bonchev–Trinajstić information content (AvgIpc) is 3.38. The van der Waals surface area contributed by atoms with E-state index in [0.29, 0.717) is 19.4 Å². The van der Waals surface area contributed by atoms with Gasteiger partial charge >= 0.3 is 5.97 Å². The van der Waals surface area contributed by atoms with Crippen LogP contribution in [0.2, 0.25) is 0 Å². The van der Waals surface area contributed by atoms with Gasteiger partial charge in [0.2, 0.25) is 5.91 Å². The molecule has 0 aliphatic rings. The minimum Gasteiger partial charge on any atom is -0.466 e. The van der Waals surface area contributed by atoms with Crippen LogP contribution in [0.5, 0.6) is 0 Å². The maximum Gasteiger partial charge on any atom is 0.305 e. The molecule has 0 aliphatic heterocycles. The number of unbranched alkanes of at least 4 members (excludes halogenated alkanes) is 45. The van der Waals surface area contributed by atoms with Crippen molar-refractivity contribution in [3.8, 4) is 0 Å². The van der Waals surface area contributed by atoms with Crippen LogP contribution in [-0.2, 0) is 14.3 Å². The van der Waals surface area contributed by atoms with Gasteiger partial charge in [0.25, 0.3) is 0 Å². The fraction of sp³-hybridized carbons (Fsp3) is 0.879. The van der Waals surface area contributed by atoms with Gasteiger partial charge in [-0.1, -0.05) is 307 Å². The number of aliphatic hydroxyl groups excluding tert-OH is 2. The Balaban J connectivity index is 3.36. The van der Waals surface area contributed by atoms with Crippen LogP contribution in [0.1, 0.15) is 348 Å². The molecule has 72 heavy (non-hydrogen) atoms. The summed E-state index contributed by atoms with van der Waals surface area (Å²) in [6.45, 7) is 4.89. The molecule has 6 heteroatoms. The van der Waals surface area contributed by atoms with Crippen molar-refractivity contribution in [3.63, 3.8) is 0 Å². The summed E-state index contributed by atoms with van der Waals surface area (Å²) in [7, 11) is 0. The Labute approximate surface area is 449 Å². The van der Waals surface area contributed by atoms with Gasteiger partial charge in [-0.25, -0.2) is 0 Å². The highest BCUT2D eigenvalue weighted by Gasteiger charge is 2.18. The van der Waals surface area contributed by atoms with Crippen LogP contribution in [0, 0.1) is 0 Å². The van der Waals surface area contributed by atoms with E-state index in [2.05, 4.69) is 43.5 Å². The third-order valence-corrected chi connectivity index (χ3v) is 14.9. The van der Waals surface area contributed by atoms with Crippen molar-refractivity contribution in [2.75, 3.05) is 13.2 Å². The molecule has 0 radical (unpaired) electrons. The smallest absolute Gasteiger partial charge is 0.305 e. The molecule has 0 bridgehead atoms. The number of ether oxygens (including phenoxy) is 1. The first-order valence-electron chi connectivity index (χ1n) is 32.3. The summed E-state index contributed by atoms with van der Waals surface area (Å²) in [4.78, 5) is 24.4. The van der Waals surface area contributed by atoms with Gasteiger partial charge in [-0.05, 0) is 64.2 Å². The standard InChI is InChI=1S/C66H125NO5/c1-3-5-7-9-11-13-14-36-40-44-48-52-56-60-66(71)72-61-57-53-49-45-41-38-35-33-31-29-27-25-23-21-19-17-15-16-18-20-22-24-26-28-30-32-34-37-39-43-47-51-55-59-65(70)67-63(62-68)64(69)58-54-50-46-42-12-10-8-6-4-2/h19,21,25,27,54,58,63-64,68-69H,3-18,20,22-24,26,28-53,55-57,59-62H2,1-2H3,(H,67,70)/b21-19-,27-25-,58-54+. The molecule has 0 saturated heterocycles. The van der Waals surface area contributed by atoms with Gasteiger partial charge in [0.1, 0.15) is 0 Å². The molecular formula is C66H125NO5. The SMILES string of the molecule is CCCCCCCCC/C=C/C(O)C(CO)NC(=O)CCCCCCCCCCCCCCCCCCC/C=C\C/C=C\CCCCCCCCCCCOC(=O)CCCCCCCCCCCCCCC. The number of nitrogens with one attached hydrogen (secondary N) is 1. The van der Waals surface area contributed by atoms with E-state index in [-0.39, 0.29) is 18.5 Å². The minimum absolute atomic E-state index is 0.0154. The monoisotopic (exact) mass is 1010 g/mol. The second kappa shape index (κ2) is 61.6. The maximum atomic E-state index is 12.4. The van der Waals surface area contributed by atoms with Crippen molar-refractivity contribution in [1.82, 2.24) is 5.32 Å². The largest absolute Gasteiger partial charge is 0.466 e. The van der Waals surface area contributed by atoms with Crippen LogP contribution in [0.15, 0.2) is 36.5 Å². The van der Waals surface area contributed by atoms with Crippen molar-refractivity contribution < 1.29 is 24.5 Å². The van der Waals surface area contributed by atoms with E-state index < -0.39 is 12.1 Å². The number of hydrogen-bond acceptors (Lipinski definition) is 5. The zero-order valence-corrected chi connectivity index (χ0v) is 48.4. The van der Waals surface area contributed by atoms with E-state index in [1.165, 1.54) is 276 Å². The van der Waals surface area contributed by atoms with Crippen LogP contribution >= 0.6 is 0 Å². The highest BCUT2D eigenvalue weighted by Crippen LogP contribution is 2.17. The molecule has 0 saturated carbocycles. The van der Waals surface area contributed by atoms with Crippen LogP contribution in [0.25, 0.3) is 0 Å².